The zero-order valence-electron chi connectivity index (χ0n) is 7.34. The van der Waals surface area contributed by atoms with Crippen molar-refractivity contribution < 1.29 is 4.74 Å². The molecule has 0 fully saturated rings. The fourth-order valence-corrected chi connectivity index (χ4v) is 1.52. The van der Waals surface area contributed by atoms with E-state index in [1.54, 1.807) is 24.3 Å². The minimum atomic E-state index is 0.413. The number of allylic oxidation sites excluding steroid dienone is 1. The van der Waals surface area contributed by atoms with Crippen LogP contribution < -0.4 is 4.74 Å². The molecule has 14 heavy (non-hydrogen) atoms. The van der Waals surface area contributed by atoms with Crippen LogP contribution in [0.3, 0.4) is 0 Å². The minimum Gasteiger partial charge on any atom is -0.486 e. The van der Waals surface area contributed by atoms with Gasteiger partial charge in [-0.25, -0.2) is 0 Å². The molecule has 0 saturated carbocycles. The van der Waals surface area contributed by atoms with E-state index in [0.29, 0.717) is 28.3 Å². The third-order valence-corrected chi connectivity index (χ3v) is 2.27. The number of hydrogen-bond donors (Lipinski definition) is 0. The van der Waals surface area contributed by atoms with Crippen LogP contribution in [-0.2, 0) is 0 Å². The molecule has 1 rings (SSSR count). The van der Waals surface area contributed by atoms with E-state index >= 15 is 0 Å². The third kappa shape index (κ3) is 3.41. The lowest BCUT2D eigenvalue weighted by molar-refractivity contribution is 0.363. The van der Waals surface area contributed by atoms with Crippen LogP contribution in [0.5, 0.6) is 5.75 Å². The summed E-state index contributed by atoms with van der Waals surface area (Å²) < 4.78 is 5.36. The van der Waals surface area contributed by atoms with Crippen LogP contribution in [0.4, 0.5) is 0 Å². The van der Waals surface area contributed by atoms with Gasteiger partial charge in [0.1, 0.15) is 6.61 Å². The van der Waals surface area contributed by atoms with Crippen molar-refractivity contribution in [3.05, 3.63) is 40.4 Å². The summed E-state index contributed by atoms with van der Waals surface area (Å²) >= 11 is 17.2. The maximum Gasteiger partial charge on any atom is 0.156 e. The first-order valence-corrected chi connectivity index (χ1v) is 5.32. The zero-order valence-corrected chi connectivity index (χ0v) is 9.61. The smallest absolute Gasteiger partial charge is 0.156 e. The fourth-order valence-electron chi connectivity index (χ4n) is 0.883. The van der Waals surface area contributed by atoms with Crippen molar-refractivity contribution in [2.24, 2.45) is 0 Å². The van der Waals surface area contributed by atoms with Crippen molar-refractivity contribution in [2.75, 3.05) is 12.5 Å². The van der Waals surface area contributed by atoms with E-state index in [0.717, 1.165) is 0 Å². The molecule has 76 valence electrons. The predicted octanol–water partition coefficient (Wildman–Crippen LogP) is 4.17. The summed E-state index contributed by atoms with van der Waals surface area (Å²) in [7, 11) is 0. The topological polar surface area (TPSA) is 9.23 Å². The first-order valence-electron chi connectivity index (χ1n) is 4.03. The van der Waals surface area contributed by atoms with Gasteiger partial charge in [0.15, 0.2) is 5.75 Å². The lowest BCUT2D eigenvalue weighted by Gasteiger charge is -2.06. The first kappa shape index (κ1) is 11.7. The minimum absolute atomic E-state index is 0.413. The second-order valence-corrected chi connectivity index (χ2v) is 3.61. The summed E-state index contributed by atoms with van der Waals surface area (Å²) in [6, 6.07) is 5.23. The molecule has 0 aliphatic carbocycles. The van der Waals surface area contributed by atoms with Crippen molar-refractivity contribution >= 4 is 34.8 Å². The summed E-state index contributed by atoms with van der Waals surface area (Å²) in [4.78, 5) is 0. The quantitative estimate of drug-likeness (QED) is 0.576. The number of hydrogen-bond acceptors (Lipinski definition) is 1. The molecule has 0 N–H and O–H groups in total. The van der Waals surface area contributed by atoms with Gasteiger partial charge in [-0.3, -0.25) is 0 Å². The number of benzene rings is 1. The van der Waals surface area contributed by atoms with Gasteiger partial charge in [0, 0.05) is 5.88 Å². The van der Waals surface area contributed by atoms with Gasteiger partial charge in [0.05, 0.1) is 10.0 Å². The lowest BCUT2D eigenvalue weighted by atomic mass is 10.3. The Morgan fingerprint density at radius 1 is 1.14 bits per heavy atom. The van der Waals surface area contributed by atoms with Gasteiger partial charge in [-0.2, -0.15) is 0 Å². The molecule has 0 aliphatic heterocycles. The fraction of sp³-hybridized carbons (Fsp3) is 0.200. The Morgan fingerprint density at radius 2 is 1.79 bits per heavy atom. The van der Waals surface area contributed by atoms with Crippen LogP contribution in [0.1, 0.15) is 0 Å². The van der Waals surface area contributed by atoms with Crippen LogP contribution in [0.15, 0.2) is 30.4 Å². The molecule has 0 heterocycles. The van der Waals surface area contributed by atoms with Crippen LogP contribution in [-0.4, -0.2) is 12.5 Å². The van der Waals surface area contributed by atoms with Crippen LogP contribution in [0.25, 0.3) is 0 Å². The van der Waals surface area contributed by atoms with E-state index in [1.807, 2.05) is 6.08 Å². The van der Waals surface area contributed by atoms with Gasteiger partial charge in [-0.1, -0.05) is 41.4 Å². The third-order valence-electron chi connectivity index (χ3n) is 1.50. The molecule has 0 amide bonds. The Bertz CT molecular complexity index is 303. The predicted molar refractivity (Wildman–Crippen MR) is 61.8 cm³/mol. The van der Waals surface area contributed by atoms with Crippen LogP contribution in [0.2, 0.25) is 10.0 Å². The average molecular weight is 252 g/mol. The number of para-hydroxylation sites is 1. The summed E-state index contributed by atoms with van der Waals surface area (Å²) in [6.45, 7) is 0.413. The SMILES string of the molecule is ClCC=CCOc1c(Cl)cccc1Cl. The van der Waals surface area contributed by atoms with Gasteiger partial charge in [-0.15, -0.1) is 11.6 Å². The molecular weight excluding hydrogens is 242 g/mol. The van der Waals surface area contributed by atoms with E-state index < -0.39 is 0 Å². The molecule has 0 aromatic heterocycles. The summed E-state index contributed by atoms with van der Waals surface area (Å²) in [5.74, 6) is 0.981. The Morgan fingerprint density at radius 3 is 2.36 bits per heavy atom. The van der Waals surface area contributed by atoms with Crippen molar-refractivity contribution in [1.82, 2.24) is 0 Å². The molecular formula is C10H9Cl3O. The number of ether oxygens (including phenoxy) is 1. The molecule has 0 saturated heterocycles. The highest BCUT2D eigenvalue weighted by molar-refractivity contribution is 6.37. The normalized spacial score (nSPS) is 10.8. The molecule has 0 spiro atoms. The molecule has 0 unspecified atom stereocenters. The zero-order chi connectivity index (χ0) is 10.4. The highest BCUT2D eigenvalue weighted by Gasteiger charge is 2.04. The van der Waals surface area contributed by atoms with E-state index in [4.69, 9.17) is 39.5 Å². The van der Waals surface area contributed by atoms with Crippen LogP contribution >= 0.6 is 34.8 Å². The molecule has 1 nitrogen and oxygen atoms in total. The monoisotopic (exact) mass is 250 g/mol. The summed E-state index contributed by atoms with van der Waals surface area (Å²) in [6.07, 6.45) is 3.61. The maximum atomic E-state index is 5.88. The Labute approximate surface area is 98.2 Å². The van der Waals surface area contributed by atoms with Gasteiger partial charge in [-0.05, 0) is 12.1 Å². The van der Waals surface area contributed by atoms with Gasteiger partial charge >= 0.3 is 0 Å². The average Bonchev–Trinajstić information content (AvgIpc) is 2.16. The number of alkyl halides is 1. The second kappa shape index (κ2) is 6.18. The first-order chi connectivity index (χ1) is 6.75. The van der Waals surface area contributed by atoms with E-state index in [2.05, 4.69) is 0 Å². The van der Waals surface area contributed by atoms with Crippen molar-refractivity contribution in [2.45, 2.75) is 0 Å². The molecule has 1 aromatic rings. The number of rotatable bonds is 4. The van der Waals surface area contributed by atoms with Crippen LogP contribution in [0, 0.1) is 0 Å². The molecule has 0 bridgehead atoms. The summed E-state index contributed by atoms with van der Waals surface area (Å²) in [5, 5.41) is 1.02. The van der Waals surface area contributed by atoms with Crippen molar-refractivity contribution in [1.29, 1.82) is 0 Å². The molecule has 0 aliphatic rings. The largest absolute Gasteiger partial charge is 0.486 e. The second-order valence-electron chi connectivity index (χ2n) is 2.49. The van der Waals surface area contributed by atoms with E-state index in [9.17, 15) is 0 Å². The van der Waals surface area contributed by atoms with Crippen molar-refractivity contribution in [3.8, 4) is 5.75 Å². The van der Waals surface area contributed by atoms with E-state index in [-0.39, 0.29) is 0 Å². The molecule has 1 aromatic carbocycles. The Balaban J connectivity index is 2.62. The van der Waals surface area contributed by atoms with Crippen molar-refractivity contribution in [3.63, 3.8) is 0 Å². The van der Waals surface area contributed by atoms with Gasteiger partial charge < -0.3 is 4.74 Å². The van der Waals surface area contributed by atoms with Gasteiger partial charge in [0.25, 0.3) is 0 Å². The molecule has 0 atom stereocenters. The Hall–Kier alpha value is -0.370. The van der Waals surface area contributed by atoms with E-state index in [1.165, 1.54) is 0 Å². The maximum absolute atomic E-state index is 5.88. The molecule has 0 radical (unpaired) electrons. The lowest BCUT2D eigenvalue weighted by Crippen LogP contribution is -1.94. The highest BCUT2D eigenvalue weighted by atomic mass is 35.5. The summed E-state index contributed by atoms with van der Waals surface area (Å²) in [5.41, 5.74) is 0. The highest BCUT2D eigenvalue weighted by Crippen LogP contribution is 2.32. The molecule has 4 heteroatoms. The Kier molecular flexibility index (Phi) is 5.16. The number of halogens is 3. The van der Waals surface area contributed by atoms with Gasteiger partial charge in [0.2, 0.25) is 0 Å². The standard InChI is InChI=1S/C10H9Cl3O/c11-6-1-2-7-14-10-8(12)4-3-5-9(10)13/h1-5H,6-7H2.